The second kappa shape index (κ2) is 7.80. The Kier molecular flexibility index (Phi) is 7.48. The van der Waals surface area contributed by atoms with E-state index in [-0.39, 0.29) is 12.4 Å². The summed E-state index contributed by atoms with van der Waals surface area (Å²) in [5.74, 6) is 0. The van der Waals surface area contributed by atoms with Gasteiger partial charge in [-0.25, -0.2) is 0 Å². The maximum absolute atomic E-state index is 4.42. The van der Waals surface area contributed by atoms with Crippen molar-refractivity contribution in [2.75, 3.05) is 0 Å². The molecule has 0 saturated heterocycles. The van der Waals surface area contributed by atoms with E-state index in [9.17, 15) is 0 Å². The zero-order valence-electron chi connectivity index (χ0n) is 9.12. The molecule has 0 unspecified atom stereocenters. The lowest BCUT2D eigenvalue weighted by Crippen LogP contribution is -3.00. The quantitative estimate of drug-likeness (QED) is 0.548. The number of hydrogen-bond donors (Lipinski definition) is 0. The lowest BCUT2D eigenvalue weighted by molar-refractivity contribution is -0.755. The van der Waals surface area contributed by atoms with Crippen LogP contribution in [0, 0.1) is 0 Å². The van der Waals surface area contributed by atoms with Gasteiger partial charge in [0.25, 0.3) is 0 Å². The number of rotatable bonds is 6. The summed E-state index contributed by atoms with van der Waals surface area (Å²) in [5.41, 5.74) is 0. The average molecular weight is 218 g/mol. The van der Waals surface area contributed by atoms with Crippen molar-refractivity contribution in [3.05, 3.63) is 12.4 Å². The van der Waals surface area contributed by atoms with Gasteiger partial charge in [-0.2, -0.15) is 0 Å². The van der Waals surface area contributed by atoms with Crippen molar-refractivity contribution in [3.8, 4) is 0 Å². The number of aromatic nitrogens is 3. The van der Waals surface area contributed by atoms with Gasteiger partial charge in [-0.1, -0.05) is 26.7 Å². The van der Waals surface area contributed by atoms with E-state index < -0.39 is 0 Å². The number of aryl methyl sites for hydroxylation is 2. The monoisotopic (exact) mass is 217 g/mol. The van der Waals surface area contributed by atoms with Crippen LogP contribution in [0.5, 0.6) is 0 Å². The standard InChI is InChI=1S/C10H20N3.ClH/c1-3-5-7-12-9-10-13(11-12)8-6-4-2;/h9-10H,3-8H2,1-2H3;1H/q+1;/p-1. The smallest absolute Gasteiger partial charge is 0.155 e. The first kappa shape index (κ1) is 13.4. The Morgan fingerprint density at radius 1 is 1.21 bits per heavy atom. The first-order valence-electron chi connectivity index (χ1n) is 5.30. The van der Waals surface area contributed by atoms with Crippen LogP contribution in [0.15, 0.2) is 12.4 Å². The van der Waals surface area contributed by atoms with Crippen LogP contribution >= 0.6 is 0 Å². The van der Waals surface area contributed by atoms with E-state index in [1.807, 2.05) is 9.36 Å². The third-order valence-corrected chi connectivity index (χ3v) is 2.12. The molecule has 0 aliphatic heterocycles. The first-order chi connectivity index (χ1) is 6.36. The maximum Gasteiger partial charge on any atom is 0.155 e. The van der Waals surface area contributed by atoms with Crippen LogP contribution in [0.4, 0.5) is 0 Å². The Bertz CT molecular complexity index is 213. The van der Waals surface area contributed by atoms with Crippen LogP contribution < -0.4 is 17.1 Å². The molecule has 0 amide bonds. The van der Waals surface area contributed by atoms with Crippen molar-refractivity contribution >= 4 is 0 Å². The summed E-state index contributed by atoms with van der Waals surface area (Å²) in [7, 11) is 0. The number of halogens is 1. The molecule has 0 fully saturated rings. The number of hydrogen-bond acceptors (Lipinski definition) is 1. The van der Waals surface area contributed by atoms with E-state index in [0.717, 1.165) is 13.1 Å². The van der Waals surface area contributed by atoms with Crippen LogP contribution in [0.3, 0.4) is 0 Å². The molecule has 0 spiro atoms. The molecule has 1 aromatic heterocycles. The van der Waals surface area contributed by atoms with Gasteiger partial charge in [0.05, 0.1) is 5.21 Å². The highest BCUT2D eigenvalue weighted by Crippen LogP contribution is 1.91. The molecule has 0 bridgehead atoms. The fourth-order valence-corrected chi connectivity index (χ4v) is 1.24. The fourth-order valence-electron chi connectivity index (χ4n) is 1.24. The molecule has 0 saturated carbocycles. The van der Waals surface area contributed by atoms with Gasteiger partial charge < -0.3 is 12.4 Å². The van der Waals surface area contributed by atoms with Gasteiger partial charge >= 0.3 is 0 Å². The predicted molar refractivity (Wildman–Crippen MR) is 52.2 cm³/mol. The minimum Gasteiger partial charge on any atom is -1.00 e. The summed E-state index contributed by atoms with van der Waals surface area (Å²) in [6.07, 6.45) is 9.02. The van der Waals surface area contributed by atoms with Gasteiger partial charge in [-0.15, -0.1) is 9.36 Å². The van der Waals surface area contributed by atoms with Gasteiger partial charge in [0, 0.05) is 0 Å². The lowest BCUT2D eigenvalue weighted by Gasteiger charge is -1.91. The van der Waals surface area contributed by atoms with Crippen molar-refractivity contribution in [2.24, 2.45) is 0 Å². The topological polar surface area (TPSA) is 21.7 Å². The molecule has 1 heterocycles. The highest BCUT2D eigenvalue weighted by molar-refractivity contribution is 4.57. The summed E-state index contributed by atoms with van der Waals surface area (Å²) in [5, 5.41) is 4.42. The normalized spacial score (nSPS) is 9.86. The van der Waals surface area contributed by atoms with Crippen LogP contribution in [-0.2, 0) is 13.1 Å². The SMILES string of the molecule is CCCCn1cc[n+](CCCC)n1.[Cl-]. The van der Waals surface area contributed by atoms with Gasteiger partial charge in [-0.05, 0) is 12.8 Å². The summed E-state index contributed by atoms with van der Waals surface area (Å²) in [4.78, 5) is 0. The molecule has 0 N–H and O–H groups in total. The zero-order chi connectivity index (χ0) is 9.52. The summed E-state index contributed by atoms with van der Waals surface area (Å²) in [6.45, 7) is 6.51. The second-order valence-electron chi connectivity index (χ2n) is 3.42. The van der Waals surface area contributed by atoms with Crippen molar-refractivity contribution in [1.82, 2.24) is 9.90 Å². The first-order valence-corrected chi connectivity index (χ1v) is 5.30. The van der Waals surface area contributed by atoms with Gasteiger partial charge in [0.15, 0.2) is 12.4 Å². The summed E-state index contributed by atoms with van der Waals surface area (Å²) < 4.78 is 4.05. The molecule has 1 aromatic rings. The van der Waals surface area contributed by atoms with E-state index in [4.69, 9.17) is 0 Å². The largest absolute Gasteiger partial charge is 1.00 e. The Hall–Kier alpha value is -0.570. The van der Waals surface area contributed by atoms with Crippen molar-refractivity contribution in [1.29, 1.82) is 0 Å². The highest BCUT2D eigenvalue weighted by atomic mass is 35.5. The molecule has 82 valence electrons. The molecule has 4 heteroatoms. The molecular weight excluding hydrogens is 198 g/mol. The minimum absolute atomic E-state index is 0. The van der Waals surface area contributed by atoms with Gasteiger partial charge in [0.2, 0.25) is 0 Å². The third-order valence-electron chi connectivity index (χ3n) is 2.12. The Balaban J connectivity index is 0.00000169. The van der Waals surface area contributed by atoms with Gasteiger partial charge in [-0.3, -0.25) is 0 Å². The van der Waals surface area contributed by atoms with Crippen molar-refractivity contribution < 1.29 is 17.1 Å². The van der Waals surface area contributed by atoms with E-state index in [1.54, 1.807) is 0 Å². The average Bonchev–Trinajstić information content (AvgIpc) is 2.59. The van der Waals surface area contributed by atoms with Crippen LogP contribution in [0.1, 0.15) is 39.5 Å². The van der Waals surface area contributed by atoms with Crippen LogP contribution in [0.25, 0.3) is 0 Å². The molecule has 0 aliphatic rings. The fraction of sp³-hybridized carbons (Fsp3) is 0.800. The van der Waals surface area contributed by atoms with E-state index in [2.05, 4.69) is 31.5 Å². The Morgan fingerprint density at radius 3 is 2.57 bits per heavy atom. The van der Waals surface area contributed by atoms with Crippen molar-refractivity contribution in [2.45, 2.75) is 52.6 Å². The van der Waals surface area contributed by atoms with E-state index >= 15 is 0 Å². The number of unbranched alkanes of at least 4 members (excludes halogenated alkanes) is 2. The molecule has 0 atom stereocenters. The molecule has 0 aromatic carbocycles. The lowest BCUT2D eigenvalue weighted by atomic mass is 10.3. The summed E-state index contributed by atoms with van der Waals surface area (Å²) in [6, 6.07) is 0. The Morgan fingerprint density at radius 2 is 1.93 bits per heavy atom. The molecule has 1 rings (SSSR count). The zero-order valence-corrected chi connectivity index (χ0v) is 9.87. The van der Waals surface area contributed by atoms with Crippen LogP contribution in [-0.4, -0.2) is 9.90 Å². The molecule has 0 aliphatic carbocycles. The Labute approximate surface area is 92.5 Å². The molecule has 0 radical (unpaired) electrons. The third kappa shape index (κ3) is 4.61. The highest BCUT2D eigenvalue weighted by Gasteiger charge is 2.03. The minimum atomic E-state index is 0. The molecular formula is C10H20ClN3. The number of nitrogens with zero attached hydrogens (tertiary/aromatic N) is 3. The van der Waals surface area contributed by atoms with E-state index in [0.29, 0.717) is 0 Å². The van der Waals surface area contributed by atoms with Crippen molar-refractivity contribution in [3.63, 3.8) is 0 Å². The second-order valence-corrected chi connectivity index (χ2v) is 3.42. The molecule has 14 heavy (non-hydrogen) atoms. The van der Waals surface area contributed by atoms with E-state index in [1.165, 1.54) is 25.7 Å². The van der Waals surface area contributed by atoms with Gasteiger partial charge in [0.1, 0.15) is 13.1 Å². The summed E-state index contributed by atoms with van der Waals surface area (Å²) >= 11 is 0. The van der Waals surface area contributed by atoms with Crippen LogP contribution in [0.2, 0.25) is 0 Å². The predicted octanol–water partition coefficient (Wildman–Crippen LogP) is -1.23. The maximum atomic E-state index is 4.42. The molecule has 3 nitrogen and oxygen atoms in total.